The third-order valence-electron chi connectivity index (χ3n) is 1.33. The van der Waals surface area contributed by atoms with Crippen molar-refractivity contribution in [3.8, 4) is 11.9 Å². The lowest BCUT2D eigenvalue weighted by Gasteiger charge is -2.02. The highest BCUT2D eigenvalue weighted by Crippen LogP contribution is 2.20. The van der Waals surface area contributed by atoms with Gasteiger partial charge in [0.05, 0.1) is 18.9 Å². The highest BCUT2D eigenvalue weighted by molar-refractivity contribution is 9.09. The highest BCUT2D eigenvalue weighted by atomic mass is 79.9. The summed E-state index contributed by atoms with van der Waals surface area (Å²) >= 11 is 3.17. The number of pyridine rings is 1. The first-order valence-corrected chi connectivity index (χ1v) is 4.24. The van der Waals surface area contributed by atoms with Crippen LogP contribution in [-0.4, -0.2) is 12.1 Å². The van der Waals surface area contributed by atoms with Crippen LogP contribution in [0.4, 0.5) is 0 Å². The summed E-state index contributed by atoms with van der Waals surface area (Å²) in [6.45, 7) is 0. The zero-order valence-corrected chi connectivity index (χ0v) is 8.08. The van der Waals surface area contributed by atoms with Gasteiger partial charge in [-0.15, -0.1) is 0 Å². The van der Waals surface area contributed by atoms with E-state index in [1.165, 1.54) is 0 Å². The molecule has 4 heteroatoms. The van der Waals surface area contributed by atoms with Gasteiger partial charge in [0.25, 0.3) is 0 Å². The first kappa shape index (κ1) is 9.01. The number of nitriles is 1. The van der Waals surface area contributed by atoms with Crippen LogP contribution in [0.1, 0.15) is 10.5 Å². The second-order valence-electron chi connectivity index (χ2n) is 2.10. The maximum atomic E-state index is 8.57. The largest absolute Gasteiger partial charge is 0.481 e. The molecule has 0 bridgehead atoms. The van der Waals surface area contributed by atoms with Crippen LogP contribution in [0.5, 0.6) is 5.88 Å². The fourth-order valence-corrected chi connectivity index (χ4v) is 1.01. The Bertz CT molecular complexity index is 308. The third-order valence-corrected chi connectivity index (χ3v) is 2.00. The third kappa shape index (κ3) is 1.95. The number of halogens is 1. The molecular weight excluding hydrogens is 220 g/mol. The van der Waals surface area contributed by atoms with Crippen LogP contribution >= 0.6 is 15.9 Å². The van der Waals surface area contributed by atoms with Gasteiger partial charge in [0, 0.05) is 6.07 Å². The van der Waals surface area contributed by atoms with Gasteiger partial charge in [-0.25, -0.2) is 4.98 Å². The Morgan fingerprint density at radius 2 is 2.42 bits per heavy atom. The van der Waals surface area contributed by atoms with Gasteiger partial charge < -0.3 is 4.74 Å². The van der Waals surface area contributed by atoms with E-state index in [1.54, 1.807) is 25.3 Å². The monoisotopic (exact) mass is 226 g/mol. The molecule has 1 heterocycles. The second kappa shape index (κ2) is 4.07. The Kier molecular flexibility index (Phi) is 3.06. The van der Waals surface area contributed by atoms with Gasteiger partial charge in [0.2, 0.25) is 5.88 Å². The van der Waals surface area contributed by atoms with E-state index in [-0.39, 0.29) is 4.83 Å². The number of hydrogen-bond acceptors (Lipinski definition) is 3. The van der Waals surface area contributed by atoms with Crippen LogP contribution < -0.4 is 4.74 Å². The summed E-state index contributed by atoms with van der Waals surface area (Å²) < 4.78 is 4.91. The SMILES string of the molecule is COc1cccc(C(Br)C#N)n1. The number of ether oxygens (including phenoxy) is 1. The average Bonchev–Trinajstić information content (AvgIpc) is 2.17. The molecule has 0 aliphatic carbocycles. The van der Waals surface area contributed by atoms with Crippen LogP contribution in [0, 0.1) is 11.3 Å². The summed E-state index contributed by atoms with van der Waals surface area (Å²) in [6.07, 6.45) is 0. The zero-order valence-electron chi connectivity index (χ0n) is 6.49. The molecule has 0 saturated carbocycles. The lowest BCUT2D eigenvalue weighted by atomic mass is 10.3. The fourth-order valence-electron chi connectivity index (χ4n) is 0.752. The van der Waals surface area contributed by atoms with Crippen LogP contribution in [-0.2, 0) is 0 Å². The van der Waals surface area contributed by atoms with E-state index in [4.69, 9.17) is 10.00 Å². The molecule has 0 amide bonds. The fraction of sp³-hybridized carbons (Fsp3) is 0.250. The van der Waals surface area contributed by atoms with Crippen LogP contribution in [0.15, 0.2) is 18.2 Å². The number of hydrogen-bond donors (Lipinski definition) is 0. The number of methoxy groups -OCH3 is 1. The van der Waals surface area contributed by atoms with Crippen molar-refractivity contribution < 1.29 is 4.74 Å². The molecule has 0 aliphatic rings. The maximum absolute atomic E-state index is 8.57. The normalized spacial score (nSPS) is 11.8. The van der Waals surface area contributed by atoms with E-state index in [9.17, 15) is 0 Å². The van der Waals surface area contributed by atoms with Crippen molar-refractivity contribution in [1.29, 1.82) is 5.26 Å². The quantitative estimate of drug-likeness (QED) is 0.726. The number of rotatable bonds is 2. The summed E-state index contributed by atoms with van der Waals surface area (Å²) in [5.74, 6) is 0.521. The summed E-state index contributed by atoms with van der Waals surface area (Å²) in [7, 11) is 1.54. The van der Waals surface area contributed by atoms with Crippen LogP contribution in [0.2, 0.25) is 0 Å². The van der Waals surface area contributed by atoms with E-state index in [0.717, 1.165) is 0 Å². The van der Waals surface area contributed by atoms with Crippen molar-refractivity contribution in [3.63, 3.8) is 0 Å². The Balaban J connectivity index is 2.95. The van der Waals surface area contributed by atoms with Crippen LogP contribution in [0.25, 0.3) is 0 Å². The topological polar surface area (TPSA) is 45.9 Å². The van der Waals surface area contributed by atoms with Crippen molar-refractivity contribution in [2.75, 3.05) is 7.11 Å². The van der Waals surface area contributed by atoms with Gasteiger partial charge in [-0.3, -0.25) is 0 Å². The van der Waals surface area contributed by atoms with E-state index < -0.39 is 0 Å². The Labute approximate surface area is 79.1 Å². The molecule has 0 saturated heterocycles. The van der Waals surface area contributed by atoms with E-state index >= 15 is 0 Å². The van der Waals surface area contributed by atoms with Crippen molar-refractivity contribution in [3.05, 3.63) is 23.9 Å². The lowest BCUT2D eigenvalue weighted by Crippen LogP contribution is -1.93. The van der Waals surface area contributed by atoms with E-state index in [2.05, 4.69) is 20.9 Å². The molecule has 0 aliphatic heterocycles. The maximum Gasteiger partial charge on any atom is 0.213 e. The molecule has 1 aromatic rings. The highest BCUT2D eigenvalue weighted by Gasteiger charge is 2.07. The van der Waals surface area contributed by atoms with E-state index in [0.29, 0.717) is 11.6 Å². The number of alkyl halides is 1. The molecule has 1 unspecified atom stereocenters. The number of aromatic nitrogens is 1. The molecule has 1 atom stereocenters. The molecule has 0 radical (unpaired) electrons. The standard InChI is InChI=1S/C8H7BrN2O/c1-12-8-4-2-3-7(11-8)6(9)5-10/h2-4,6H,1H3. The molecule has 0 N–H and O–H groups in total. The second-order valence-corrected chi connectivity index (χ2v) is 3.01. The van der Waals surface area contributed by atoms with Gasteiger partial charge >= 0.3 is 0 Å². The van der Waals surface area contributed by atoms with E-state index in [1.807, 2.05) is 6.07 Å². The van der Waals surface area contributed by atoms with Gasteiger partial charge in [-0.1, -0.05) is 22.0 Å². The lowest BCUT2D eigenvalue weighted by molar-refractivity contribution is 0.396. The van der Waals surface area contributed by atoms with Crippen LogP contribution in [0.3, 0.4) is 0 Å². The van der Waals surface area contributed by atoms with Gasteiger partial charge in [0.15, 0.2) is 0 Å². The Hall–Kier alpha value is -1.08. The molecule has 0 spiro atoms. The van der Waals surface area contributed by atoms with Crippen molar-refractivity contribution in [1.82, 2.24) is 4.98 Å². The first-order chi connectivity index (χ1) is 5.77. The Morgan fingerprint density at radius 3 is 3.00 bits per heavy atom. The van der Waals surface area contributed by atoms with Gasteiger partial charge in [0.1, 0.15) is 4.83 Å². The molecule has 62 valence electrons. The molecule has 3 nitrogen and oxygen atoms in total. The number of nitrogens with zero attached hydrogens (tertiary/aromatic N) is 2. The summed E-state index contributed by atoms with van der Waals surface area (Å²) in [6, 6.07) is 7.34. The molecule has 1 aromatic heterocycles. The summed E-state index contributed by atoms with van der Waals surface area (Å²) in [5, 5.41) is 8.57. The average molecular weight is 227 g/mol. The smallest absolute Gasteiger partial charge is 0.213 e. The molecule has 0 aromatic carbocycles. The van der Waals surface area contributed by atoms with Gasteiger partial charge in [-0.05, 0) is 6.07 Å². The minimum atomic E-state index is -0.368. The molecule has 12 heavy (non-hydrogen) atoms. The summed E-state index contributed by atoms with van der Waals surface area (Å²) in [5.41, 5.74) is 0.664. The van der Waals surface area contributed by atoms with Crippen molar-refractivity contribution in [2.24, 2.45) is 0 Å². The minimum absolute atomic E-state index is 0.368. The summed E-state index contributed by atoms with van der Waals surface area (Å²) in [4.78, 5) is 3.70. The Morgan fingerprint density at radius 1 is 1.67 bits per heavy atom. The molecular formula is C8H7BrN2O. The predicted molar refractivity (Wildman–Crippen MR) is 48.1 cm³/mol. The minimum Gasteiger partial charge on any atom is -0.481 e. The predicted octanol–water partition coefficient (Wildman–Crippen LogP) is 2.05. The van der Waals surface area contributed by atoms with Gasteiger partial charge in [-0.2, -0.15) is 5.26 Å². The molecule has 0 fully saturated rings. The van der Waals surface area contributed by atoms with Crippen molar-refractivity contribution in [2.45, 2.75) is 4.83 Å². The van der Waals surface area contributed by atoms with Crippen molar-refractivity contribution >= 4 is 15.9 Å². The molecule has 1 rings (SSSR count). The zero-order chi connectivity index (χ0) is 8.97. The first-order valence-electron chi connectivity index (χ1n) is 3.32.